The molecule has 1 fully saturated rings. The first-order chi connectivity index (χ1) is 12.0. The molecule has 0 bridgehead atoms. The SMILES string of the molecule is Cc1nn(CC(=O)N[C@H]2CCCC[C@H]2C)c(=O)c2cc3sccc3n12. The predicted octanol–water partition coefficient (Wildman–Crippen LogP) is 2.71. The Morgan fingerprint density at radius 2 is 2.16 bits per heavy atom. The van der Waals surface area contributed by atoms with Crippen LogP contribution in [0.4, 0.5) is 0 Å². The molecule has 4 rings (SSSR count). The first kappa shape index (κ1) is 16.3. The summed E-state index contributed by atoms with van der Waals surface area (Å²) in [5.74, 6) is 1.07. The minimum absolute atomic E-state index is 0.0295. The second-order valence-electron chi connectivity index (χ2n) is 6.98. The largest absolute Gasteiger partial charge is 0.351 e. The maximum Gasteiger partial charge on any atom is 0.291 e. The number of carbonyl (C=O) groups excluding carboxylic acids is 1. The summed E-state index contributed by atoms with van der Waals surface area (Å²) < 4.78 is 4.21. The van der Waals surface area contributed by atoms with E-state index in [4.69, 9.17) is 0 Å². The fourth-order valence-corrected chi connectivity index (χ4v) is 4.66. The van der Waals surface area contributed by atoms with Gasteiger partial charge in [0.25, 0.3) is 5.56 Å². The molecule has 3 aromatic rings. The second-order valence-corrected chi connectivity index (χ2v) is 7.93. The van der Waals surface area contributed by atoms with Crippen LogP contribution >= 0.6 is 11.3 Å². The number of nitrogens with one attached hydrogen (secondary N) is 1. The number of nitrogens with zero attached hydrogens (tertiary/aromatic N) is 3. The molecule has 132 valence electrons. The van der Waals surface area contributed by atoms with Crippen molar-refractivity contribution < 1.29 is 4.79 Å². The minimum atomic E-state index is -0.221. The lowest BCUT2D eigenvalue weighted by atomic mass is 9.86. The normalized spacial score (nSPS) is 21.0. The molecule has 0 spiro atoms. The van der Waals surface area contributed by atoms with Gasteiger partial charge in [-0.05, 0) is 43.2 Å². The standard InChI is InChI=1S/C18H22N4O2S/c1-11-5-3-4-6-13(11)19-17(23)10-21-18(24)15-9-16-14(7-8-25-16)22(15)12(2)20-21/h7-9,11,13H,3-6,10H2,1-2H3,(H,19,23)/t11-,13+/m1/s1. The highest BCUT2D eigenvalue weighted by atomic mass is 32.1. The molecule has 0 radical (unpaired) electrons. The molecule has 1 aliphatic carbocycles. The van der Waals surface area contributed by atoms with E-state index >= 15 is 0 Å². The van der Waals surface area contributed by atoms with Gasteiger partial charge in [0.05, 0.1) is 10.2 Å². The predicted molar refractivity (Wildman–Crippen MR) is 99.1 cm³/mol. The van der Waals surface area contributed by atoms with Crippen LogP contribution in [0.5, 0.6) is 0 Å². The maximum atomic E-state index is 12.7. The second kappa shape index (κ2) is 6.29. The van der Waals surface area contributed by atoms with Gasteiger partial charge in [-0.25, -0.2) is 4.68 Å². The van der Waals surface area contributed by atoms with Gasteiger partial charge in [0.1, 0.15) is 17.9 Å². The van der Waals surface area contributed by atoms with E-state index in [9.17, 15) is 9.59 Å². The van der Waals surface area contributed by atoms with Crippen LogP contribution in [0.15, 0.2) is 22.3 Å². The Labute approximate surface area is 149 Å². The van der Waals surface area contributed by atoms with Gasteiger partial charge in [0.15, 0.2) is 0 Å². The van der Waals surface area contributed by atoms with Crippen LogP contribution in [0.1, 0.15) is 38.4 Å². The number of hydrogen-bond donors (Lipinski definition) is 1. The first-order valence-electron chi connectivity index (χ1n) is 8.80. The summed E-state index contributed by atoms with van der Waals surface area (Å²) in [5, 5.41) is 9.46. The fraction of sp³-hybridized carbons (Fsp3) is 0.500. The number of thiophene rings is 1. The Bertz CT molecular complexity index is 1000. The molecule has 1 amide bonds. The van der Waals surface area contributed by atoms with E-state index in [-0.39, 0.29) is 24.1 Å². The van der Waals surface area contributed by atoms with Crippen LogP contribution in [0.2, 0.25) is 0 Å². The summed E-state index contributed by atoms with van der Waals surface area (Å²) >= 11 is 1.60. The highest BCUT2D eigenvalue weighted by molar-refractivity contribution is 7.17. The molecule has 0 aliphatic heterocycles. The molecule has 1 saturated carbocycles. The Balaban J connectivity index is 1.62. The smallest absolute Gasteiger partial charge is 0.291 e. The Morgan fingerprint density at radius 1 is 1.36 bits per heavy atom. The number of amides is 1. The van der Waals surface area contributed by atoms with Crippen LogP contribution in [-0.4, -0.2) is 26.1 Å². The van der Waals surface area contributed by atoms with Crippen LogP contribution in [0.25, 0.3) is 15.7 Å². The van der Waals surface area contributed by atoms with E-state index in [1.54, 1.807) is 11.3 Å². The van der Waals surface area contributed by atoms with Crippen molar-refractivity contribution in [1.82, 2.24) is 19.5 Å². The number of carbonyl (C=O) groups is 1. The van der Waals surface area contributed by atoms with Crippen LogP contribution < -0.4 is 10.9 Å². The van der Waals surface area contributed by atoms with Gasteiger partial charge in [-0.3, -0.25) is 14.0 Å². The highest BCUT2D eigenvalue weighted by Gasteiger charge is 2.23. The number of aromatic nitrogens is 3. The third kappa shape index (κ3) is 2.86. The molecule has 1 aliphatic rings. The van der Waals surface area contributed by atoms with Crippen molar-refractivity contribution in [2.75, 3.05) is 0 Å². The molecule has 1 N–H and O–H groups in total. The molecular formula is C18H22N4O2S. The van der Waals surface area contributed by atoms with E-state index in [0.717, 1.165) is 29.5 Å². The molecular weight excluding hydrogens is 336 g/mol. The van der Waals surface area contributed by atoms with Gasteiger partial charge < -0.3 is 5.32 Å². The zero-order valence-corrected chi connectivity index (χ0v) is 15.3. The number of fused-ring (bicyclic) bond motifs is 3. The third-order valence-corrected chi connectivity index (χ3v) is 6.07. The lowest BCUT2D eigenvalue weighted by Crippen LogP contribution is -2.44. The highest BCUT2D eigenvalue weighted by Crippen LogP contribution is 2.25. The topological polar surface area (TPSA) is 68.4 Å². The lowest BCUT2D eigenvalue weighted by Gasteiger charge is -2.29. The monoisotopic (exact) mass is 358 g/mol. The zero-order valence-electron chi connectivity index (χ0n) is 14.5. The van der Waals surface area contributed by atoms with Crippen LogP contribution in [0, 0.1) is 12.8 Å². The maximum absolute atomic E-state index is 12.7. The lowest BCUT2D eigenvalue weighted by molar-refractivity contribution is -0.123. The van der Waals surface area contributed by atoms with E-state index in [2.05, 4.69) is 17.3 Å². The summed E-state index contributed by atoms with van der Waals surface area (Å²) in [6.45, 7) is 4.01. The minimum Gasteiger partial charge on any atom is -0.351 e. The van der Waals surface area contributed by atoms with Crippen molar-refractivity contribution in [2.24, 2.45) is 5.92 Å². The van der Waals surface area contributed by atoms with Crippen molar-refractivity contribution in [3.05, 3.63) is 33.7 Å². The van der Waals surface area contributed by atoms with Gasteiger partial charge in [-0.2, -0.15) is 5.10 Å². The number of rotatable bonds is 3. The third-order valence-electron chi connectivity index (χ3n) is 5.22. The molecule has 0 saturated heterocycles. The molecule has 7 heteroatoms. The summed E-state index contributed by atoms with van der Waals surface area (Å²) in [7, 11) is 0. The van der Waals surface area contributed by atoms with Gasteiger partial charge in [0, 0.05) is 6.04 Å². The summed E-state index contributed by atoms with van der Waals surface area (Å²) in [4.78, 5) is 25.2. The van der Waals surface area contributed by atoms with Gasteiger partial charge >= 0.3 is 0 Å². The molecule has 6 nitrogen and oxygen atoms in total. The summed E-state index contributed by atoms with van der Waals surface area (Å²) in [6.07, 6.45) is 4.55. The van der Waals surface area contributed by atoms with Crippen LogP contribution in [-0.2, 0) is 11.3 Å². The zero-order chi connectivity index (χ0) is 17.6. The van der Waals surface area contributed by atoms with E-state index in [0.29, 0.717) is 17.3 Å². The van der Waals surface area contributed by atoms with Gasteiger partial charge in [-0.15, -0.1) is 11.3 Å². The van der Waals surface area contributed by atoms with Crippen molar-refractivity contribution in [3.8, 4) is 0 Å². The van der Waals surface area contributed by atoms with Crippen molar-refractivity contribution in [1.29, 1.82) is 0 Å². The molecule has 25 heavy (non-hydrogen) atoms. The Kier molecular flexibility index (Phi) is 4.11. The molecule has 3 heterocycles. The van der Waals surface area contributed by atoms with E-state index in [1.807, 2.05) is 28.8 Å². The Hall–Kier alpha value is -2.15. The van der Waals surface area contributed by atoms with Crippen LogP contribution in [0.3, 0.4) is 0 Å². The van der Waals surface area contributed by atoms with E-state index in [1.165, 1.54) is 11.1 Å². The molecule has 2 atom stereocenters. The van der Waals surface area contributed by atoms with Crippen molar-refractivity contribution in [2.45, 2.75) is 52.1 Å². The average Bonchev–Trinajstić information content (AvgIpc) is 3.15. The van der Waals surface area contributed by atoms with Gasteiger partial charge in [0.2, 0.25) is 5.91 Å². The van der Waals surface area contributed by atoms with Gasteiger partial charge in [-0.1, -0.05) is 19.8 Å². The Morgan fingerprint density at radius 3 is 2.96 bits per heavy atom. The van der Waals surface area contributed by atoms with Crippen molar-refractivity contribution in [3.63, 3.8) is 0 Å². The quantitative estimate of drug-likeness (QED) is 0.783. The molecule has 0 aromatic carbocycles. The van der Waals surface area contributed by atoms with Crippen molar-refractivity contribution >= 4 is 33.0 Å². The molecule has 0 unspecified atom stereocenters. The average molecular weight is 358 g/mol. The first-order valence-corrected chi connectivity index (χ1v) is 9.68. The fourth-order valence-electron chi connectivity index (χ4n) is 3.85. The summed E-state index contributed by atoms with van der Waals surface area (Å²) in [5.41, 5.74) is 1.35. The molecule has 3 aromatic heterocycles. The van der Waals surface area contributed by atoms with E-state index < -0.39 is 0 Å². The number of aryl methyl sites for hydroxylation is 1. The number of hydrogen-bond acceptors (Lipinski definition) is 4. The summed E-state index contributed by atoms with van der Waals surface area (Å²) in [6, 6.07) is 4.08.